The molecule has 0 fully saturated rings. The topological polar surface area (TPSA) is 34.9 Å². The Labute approximate surface area is 142 Å². The van der Waals surface area contributed by atoms with E-state index in [2.05, 4.69) is 29.2 Å². The number of benzene rings is 2. The number of carbonyl (C=O) groups is 1. The van der Waals surface area contributed by atoms with Crippen molar-refractivity contribution in [1.29, 1.82) is 0 Å². The maximum absolute atomic E-state index is 12.4. The van der Waals surface area contributed by atoms with Crippen molar-refractivity contribution in [2.75, 3.05) is 0 Å². The van der Waals surface area contributed by atoms with E-state index in [0.717, 1.165) is 0 Å². The van der Waals surface area contributed by atoms with E-state index >= 15 is 0 Å². The summed E-state index contributed by atoms with van der Waals surface area (Å²) in [5.41, 5.74) is 2.35. The van der Waals surface area contributed by atoms with Crippen LogP contribution in [-0.2, 0) is 11.3 Å². The first kappa shape index (κ1) is 17.0. The molecular weight excluding hydrogens is 308 g/mol. The summed E-state index contributed by atoms with van der Waals surface area (Å²) >= 11 is 0. The highest BCUT2D eigenvalue weighted by atomic mass is 35.5. The van der Waals surface area contributed by atoms with Crippen molar-refractivity contribution < 1.29 is 4.79 Å². The first-order chi connectivity index (χ1) is 10.8. The lowest BCUT2D eigenvalue weighted by atomic mass is 9.87. The molecule has 1 aromatic heterocycles. The predicted molar refractivity (Wildman–Crippen MR) is 93.8 cm³/mol. The van der Waals surface area contributed by atoms with E-state index in [1.807, 2.05) is 47.2 Å². The predicted octanol–water partition coefficient (Wildman–Crippen LogP) is 4.10. The SMILES string of the molecule is Cl.O=C(CC(c1ccccc1)c1ccccc1)Cn1ccnc1. The molecule has 0 saturated carbocycles. The zero-order valence-corrected chi connectivity index (χ0v) is 13.5. The largest absolute Gasteiger partial charge is 0.330 e. The molecule has 4 heteroatoms. The molecule has 3 nitrogen and oxygen atoms in total. The number of rotatable bonds is 6. The van der Waals surface area contributed by atoms with Gasteiger partial charge in [-0.2, -0.15) is 0 Å². The van der Waals surface area contributed by atoms with Crippen LogP contribution in [0.25, 0.3) is 0 Å². The number of Topliss-reactive ketones (excluding diaryl/α,β-unsaturated/α-hetero) is 1. The Bertz CT molecular complexity index is 672. The first-order valence-corrected chi connectivity index (χ1v) is 7.40. The second-order valence-corrected chi connectivity index (χ2v) is 5.35. The van der Waals surface area contributed by atoms with Gasteiger partial charge in [0.1, 0.15) is 0 Å². The lowest BCUT2D eigenvalue weighted by molar-refractivity contribution is -0.119. The maximum atomic E-state index is 12.4. The minimum Gasteiger partial charge on any atom is -0.330 e. The van der Waals surface area contributed by atoms with E-state index in [1.54, 1.807) is 12.5 Å². The highest BCUT2D eigenvalue weighted by Gasteiger charge is 2.18. The molecule has 0 atom stereocenters. The Balaban J connectivity index is 0.00000192. The molecule has 0 amide bonds. The smallest absolute Gasteiger partial charge is 0.153 e. The van der Waals surface area contributed by atoms with Gasteiger partial charge in [-0.05, 0) is 11.1 Å². The van der Waals surface area contributed by atoms with Crippen molar-refractivity contribution in [3.8, 4) is 0 Å². The molecule has 0 spiro atoms. The fraction of sp³-hybridized carbons (Fsp3) is 0.158. The van der Waals surface area contributed by atoms with Crippen LogP contribution in [0.15, 0.2) is 79.4 Å². The van der Waals surface area contributed by atoms with Gasteiger partial charge in [-0.15, -0.1) is 12.4 Å². The first-order valence-electron chi connectivity index (χ1n) is 7.40. The quantitative estimate of drug-likeness (QED) is 0.683. The molecule has 0 saturated heterocycles. The van der Waals surface area contributed by atoms with Crippen LogP contribution < -0.4 is 0 Å². The third-order valence-corrected chi connectivity index (χ3v) is 3.75. The van der Waals surface area contributed by atoms with Gasteiger partial charge >= 0.3 is 0 Å². The Kier molecular flexibility index (Phi) is 6.12. The van der Waals surface area contributed by atoms with Gasteiger partial charge in [0, 0.05) is 24.7 Å². The average Bonchev–Trinajstić information content (AvgIpc) is 3.07. The summed E-state index contributed by atoms with van der Waals surface area (Å²) in [6.45, 7) is 0.371. The zero-order chi connectivity index (χ0) is 15.2. The molecule has 0 bridgehead atoms. The van der Waals surface area contributed by atoms with Gasteiger partial charge in [0.05, 0.1) is 12.9 Å². The summed E-state index contributed by atoms with van der Waals surface area (Å²) in [6.07, 6.45) is 5.68. The van der Waals surface area contributed by atoms with E-state index in [-0.39, 0.29) is 24.1 Å². The zero-order valence-electron chi connectivity index (χ0n) is 12.7. The van der Waals surface area contributed by atoms with Gasteiger partial charge in [-0.1, -0.05) is 60.7 Å². The molecule has 3 rings (SSSR count). The number of hydrogen-bond acceptors (Lipinski definition) is 2. The summed E-state index contributed by atoms with van der Waals surface area (Å²) in [6, 6.07) is 20.4. The summed E-state index contributed by atoms with van der Waals surface area (Å²) in [7, 11) is 0. The lowest BCUT2D eigenvalue weighted by Crippen LogP contribution is -2.14. The van der Waals surface area contributed by atoms with Gasteiger partial charge < -0.3 is 4.57 Å². The Morgan fingerprint density at radius 3 is 2.00 bits per heavy atom. The number of aromatic nitrogens is 2. The molecule has 3 aromatic rings. The van der Waals surface area contributed by atoms with Crippen LogP contribution >= 0.6 is 12.4 Å². The Morgan fingerprint density at radius 1 is 0.957 bits per heavy atom. The summed E-state index contributed by atoms with van der Waals surface area (Å²) in [5, 5.41) is 0. The monoisotopic (exact) mass is 326 g/mol. The summed E-state index contributed by atoms with van der Waals surface area (Å²) < 4.78 is 1.81. The highest BCUT2D eigenvalue weighted by molar-refractivity contribution is 5.85. The van der Waals surface area contributed by atoms with Crippen molar-refractivity contribution in [3.05, 3.63) is 90.5 Å². The Hall–Kier alpha value is -2.39. The lowest BCUT2D eigenvalue weighted by Gasteiger charge is -2.17. The standard InChI is InChI=1S/C19H18N2O.ClH/c22-18(14-21-12-11-20-15-21)13-19(16-7-3-1-4-8-16)17-9-5-2-6-10-17;/h1-12,15,19H,13-14H2;1H. The molecule has 1 heterocycles. The van der Waals surface area contributed by atoms with Crippen LogP contribution in [0.3, 0.4) is 0 Å². The number of hydrogen-bond donors (Lipinski definition) is 0. The molecular formula is C19H19ClN2O. The number of nitrogens with zero attached hydrogens (tertiary/aromatic N) is 2. The molecule has 23 heavy (non-hydrogen) atoms. The van der Waals surface area contributed by atoms with Gasteiger partial charge in [0.25, 0.3) is 0 Å². The number of imidazole rings is 1. The second-order valence-electron chi connectivity index (χ2n) is 5.35. The van der Waals surface area contributed by atoms with Crippen molar-refractivity contribution >= 4 is 18.2 Å². The number of ketones is 1. The molecule has 0 N–H and O–H groups in total. The minimum atomic E-state index is 0. The molecule has 0 aliphatic heterocycles. The number of carbonyl (C=O) groups excluding carboxylic acids is 1. The van der Waals surface area contributed by atoms with Gasteiger partial charge in [-0.25, -0.2) is 4.98 Å². The second kappa shape index (κ2) is 8.30. The highest BCUT2D eigenvalue weighted by Crippen LogP contribution is 2.28. The van der Waals surface area contributed by atoms with E-state index in [4.69, 9.17) is 0 Å². The normalized spacial score (nSPS) is 10.3. The fourth-order valence-electron chi connectivity index (χ4n) is 2.67. The van der Waals surface area contributed by atoms with Crippen LogP contribution in [0.2, 0.25) is 0 Å². The van der Waals surface area contributed by atoms with E-state index in [9.17, 15) is 4.79 Å². The van der Waals surface area contributed by atoms with Crippen molar-refractivity contribution in [1.82, 2.24) is 9.55 Å². The Morgan fingerprint density at radius 2 is 1.52 bits per heavy atom. The molecule has 2 aromatic carbocycles. The third kappa shape index (κ3) is 4.54. The molecule has 0 radical (unpaired) electrons. The van der Waals surface area contributed by atoms with Crippen molar-refractivity contribution in [2.24, 2.45) is 0 Å². The van der Waals surface area contributed by atoms with Gasteiger partial charge in [0.2, 0.25) is 0 Å². The number of halogens is 1. The summed E-state index contributed by atoms with van der Waals surface area (Å²) in [4.78, 5) is 16.4. The van der Waals surface area contributed by atoms with Gasteiger partial charge in [-0.3, -0.25) is 4.79 Å². The van der Waals surface area contributed by atoms with Gasteiger partial charge in [0.15, 0.2) is 5.78 Å². The van der Waals surface area contributed by atoms with Crippen molar-refractivity contribution in [2.45, 2.75) is 18.9 Å². The molecule has 0 aliphatic carbocycles. The molecule has 0 aliphatic rings. The van der Waals surface area contributed by atoms with Crippen LogP contribution in [0.5, 0.6) is 0 Å². The van der Waals surface area contributed by atoms with Crippen molar-refractivity contribution in [3.63, 3.8) is 0 Å². The molecule has 118 valence electrons. The summed E-state index contributed by atoms with van der Waals surface area (Å²) in [5.74, 6) is 0.300. The molecule has 0 unspecified atom stereocenters. The van der Waals surface area contributed by atoms with E-state index < -0.39 is 0 Å². The fourth-order valence-corrected chi connectivity index (χ4v) is 2.67. The van der Waals surface area contributed by atoms with E-state index in [0.29, 0.717) is 13.0 Å². The maximum Gasteiger partial charge on any atom is 0.153 e. The van der Waals surface area contributed by atoms with Crippen LogP contribution in [0.1, 0.15) is 23.5 Å². The minimum absolute atomic E-state index is 0. The average molecular weight is 327 g/mol. The van der Waals surface area contributed by atoms with Crippen LogP contribution in [-0.4, -0.2) is 15.3 Å². The third-order valence-electron chi connectivity index (χ3n) is 3.75. The van der Waals surface area contributed by atoms with Crippen LogP contribution in [0.4, 0.5) is 0 Å². The van der Waals surface area contributed by atoms with E-state index in [1.165, 1.54) is 11.1 Å². The van der Waals surface area contributed by atoms with Crippen LogP contribution in [0, 0.1) is 0 Å².